The van der Waals surface area contributed by atoms with Crippen molar-refractivity contribution >= 4 is 35.7 Å². The van der Waals surface area contributed by atoms with E-state index in [-0.39, 0.29) is 12.4 Å². The molecule has 0 heterocycles. The molecule has 0 amide bonds. The number of rotatable bonds is 6. The fourth-order valence-electron chi connectivity index (χ4n) is 1.21. The molecule has 0 aliphatic carbocycles. The molecule has 1 aromatic carbocycles. The largest absolute Gasteiger partial charge is 0.465 e. The molecule has 0 fully saturated rings. The quantitative estimate of drug-likeness (QED) is 0.639. The van der Waals surface area contributed by atoms with E-state index in [9.17, 15) is 9.36 Å². The van der Waals surface area contributed by atoms with Crippen molar-refractivity contribution in [3.63, 3.8) is 0 Å². The number of carbonyl (C=O) groups excluding carboxylic acids is 1. The average molecular weight is 326 g/mol. The van der Waals surface area contributed by atoms with E-state index in [1.165, 1.54) is 19.1 Å². The molecule has 8 heteroatoms. The van der Waals surface area contributed by atoms with Gasteiger partial charge in [-0.15, -0.1) is 0 Å². The van der Waals surface area contributed by atoms with Gasteiger partial charge in [0.2, 0.25) is 0 Å². The normalized spacial score (nSPS) is 15.4. The first-order valence-electron chi connectivity index (χ1n) is 5.53. The van der Waals surface area contributed by atoms with Crippen LogP contribution in [0.2, 0.25) is 5.02 Å². The highest BCUT2D eigenvalue weighted by Crippen LogP contribution is 2.48. The first-order chi connectivity index (χ1) is 8.84. The molecule has 0 unspecified atom stereocenters. The summed E-state index contributed by atoms with van der Waals surface area (Å²) in [4.78, 5) is 11.4. The maximum absolute atomic E-state index is 12.0. The molecule has 0 saturated carbocycles. The summed E-state index contributed by atoms with van der Waals surface area (Å²) in [5, 5.41) is 2.91. The van der Waals surface area contributed by atoms with Crippen molar-refractivity contribution in [2.75, 3.05) is 6.61 Å². The molecule has 0 aliphatic rings. The fourth-order valence-corrected chi connectivity index (χ4v) is 3.03. The van der Waals surface area contributed by atoms with Crippen molar-refractivity contribution in [3.8, 4) is 5.75 Å². The van der Waals surface area contributed by atoms with Crippen molar-refractivity contribution in [3.05, 3.63) is 29.3 Å². The Bertz CT molecular complexity index is 480. The van der Waals surface area contributed by atoms with E-state index < -0.39 is 18.9 Å². The number of carbonyl (C=O) groups is 1. The smallest absolute Gasteiger partial charge is 0.409 e. The number of halogens is 2. The van der Waals surface area contributed by atoms with E-state index >= 15 is 0 Å². The molecule has 0 saturated heterocycles. The van der Waals surface area contributed by atoms with Crippen LogP contribution in [0.5, 0.6) is 5.75 Å². The third-order valence-corrected chi connectivity index (χ3v) is 3.92. The highest BCUT2D eigenvalue weighted by Gasteiger charge is 2.27. The maximum atomic E-state index is 12.0. The number of ether oxygens (including phenoxy) is 1. The van der Waals surface area contributed by atoms with Crippen LogP contribution in [0.15, 0.2) is 24.3 Å². The Kier molecular flexibility index (Phi) is 6.14. The minimum absolute atomic E-state index is 0.232. The van der Waals surface area contributed by atoms with Gasteiger partial charge in [0.25, 0.3) is 0 Å². The molecule has 0 spiro atoms. The van der Waals surface area contributed by atoms with Gasteiger partial charge in [0.05, 0.1) is 6.61 Å². The molecule has 2 atom stereocenters. The molecule has 1 rings (SSSR count). The van der Waals surface area contributed by atoms with Crippen LogP contribution in [0.3, 0.4) is 0 Å². The predicted molar refractivity (Wildman–Crippen MR) is 74.8 cm³/mol. The number of nitrogens with one attached hydrogen (secondary N) is 1. The zero-order chi connectivity index (χ0) is 14.5. The van der Waals surface area contributed by atoms with E-state index in [4.69, 9.17) is 32.1 Å². The summed E-state index contributed by atoms with van der Waals surface area (Å²) >= 11 is 11.4. The van der Waals surface area contributed by atoms with Crippen LogP contribution in [-0.2, 0) is 14.1 Å². The summed E-state index contributed by atoms with van der Waals surface area (Å²) in [6, 6.07) is 5.35. The molecule has 0 radical (unpaired) electrons. The number of benzene rings is 1. The van der Waals surface area contributed by atoms with Gasteiger partial charge in [-0.1, -0.05) is 11.6 Å². The molecule has 106 valence electrons. The second-order valence-corrected chi connectivity index (χ2v) is 6.80. The standard InChI is InChI=1S/C11H14Cl2NO4P/c1-3-17-11(15)8(2)14-19(13,16)18-10-6-4-9(12)5-7-10/h4-8H,3H2,1-2H3,(H,14,16)/t8-,19-/m0/s1. The van der Waals surface area contributed by atoms with Gasteiger partial charge in [-0.3, -0.25) is 4.79 Å². The van der Waals surface area contributed by atoms with Crippen molar-refractivity contribution in [2.45, 2.75) is 19.9 Å². The maximum Gasteiger partial charge on any atom is 0.409 e. The van der Waals surface area contributed by atoms with E-state index in [0.717, 1.165) is 0 Å². The number of hydrogen-bond acceptors (Lipinski definition) is 4. The van der Waals surface area contributed by atoms with Crippen LogP contribution in [0.4, 0.5) is 0 Å². The minimum Gasteiger partial charge on any atom is -0.465 e. The zero-order valence-electron chi connectivity index (χ0n) is 10.4. The van der Waals surface area contributed by atoms with Crippen molar-refractivity contribution in [1.29, 1.82) is 0 Å². The summed E-state index contributed by atoms with van der Waals surface area (Å²) in [5.41, 5.74) is 0. The molecular weight excluding hydrogens is 312 g/mol. The Morgan fingerprint density at radius 1 is 1.42 bits per heavy atom. The molecule has 0 aromatic heterocycles. The lowest BCUT2D eigenvalue weighted by atomic mass is 10.3. The van der Waals surface area contributed by atoms with E-state index in [1.807, 2.05) is 0 Å². The zero-order valence-corrected chi connectivity index (χ0v) is 12.8. The Labute approximate surface area is 121 Å². The Balaban J connectivity index is 2.63. The van der Waals surface area contributed by atoms with Crippen LogP contribution >= 0.6 is 29.7 Å². The minimum atomic E-state index is -3.68. The summed E-state index contributed by atoms with van der Waals surface area (Å²) in [6.07, 6.45) is 0. The SMILES string of the molecule is CCOC(=O)[C@H](C)N[P@](=O)(Cl)Oc1ccc(Cl)cc1. The monoisotopic (exact) mass is 325 g/mol. The van der Waals surface area contributed by atoms with Crippen molar-refractivity contribution in [1.82, 2.24) is 5.09 Å². The van der Waals surface area contributed by atoms with Gasteiger partial charge >= 0.3 is 12.8 Å². The Morgan fingerprint density at radius 2 is 2.00 bits per heavy atom. The lowest BCUT2D eigenvalue weighted by molar-refractivity contribution is -0.144. The van der Waals surface area contributed by atoms with Gasteiger partial charge in [-0.2, -0.15) is 0 Å². The van der Waals surface area contributed by atoms with Crippen LogP contribution in [0.25, 0.3) is 0 Å². The Hall–Kier alpha value is -0.740. The highest BCUT2D eigenvalue weighted by atomic mass is 35.7. The molecule has 1 aromatic rings. The van der Waals surface area contributed by atoms with Crippen LogP contribution in [0.1, 0.15) is 13.8 Å². The van der Waals surface area contributed by atoms with E-state index in [0.29, 0.717) is 5.02 Å². The first kappa shape index (κ1) is 16.3. The first-order valence-corrected chi connectivity index (χ1v) is 8.44. The van der Waals surface area contributed by atoms with Crippen LogP contribution in [-0.4, -0.2) is 18.6 Å². The molecular formula is C11H14Cl2NO4P. The number of esters is 1. The van der Waals surface area contributed by atoms with Gasteiger partial charge in [-0.05, 0) is 38.1 Å². The molecule has 0 bridgehead atoms. The van der Waals surface area contributed by atoms with E-state index in [1.54, 1.807) is 19.1 Å². The third kappa shape index (κ3) is 5.83. The van der Waals surface area contributed by atoms with Crippen LogP contribution < -0.4 is 9.61 Å². The second-order valence-electron chi connectivity index (χ2n) is 3.63. The van der Waals surface area contributed by atoms with E-state index in [2.05, 4.69) is 5.09 Å². The summed E-state index contributed by atoms with van der Waals surface area (Å²) in [6.45, 7) is -0.293. The molecule has 1 N–H and O–H groups in total. The summed E-state index contributed by atoms with van der Waals surface area (Å²) in [5.74, 6) is -0.269. The Morgan fingerprint density at radius 3 is 2.53 bits per heavy atom. The van der Waals surface area contributed by atoms with Gasteiger partial charge in [-0.25, -0.2) is 9.65 Å². The van der Waals surface area contributed by atoms with Gasteiger partial charge in [0.1, 0.15) is 11.8 Å². The fraction of sp³-hybridized carbons (Fsp3) is 0.364. The van der Waals surface area contributed by atoms with Crippen molar-refractivity contribution in [2.24, 2.45) is 0 Å². The summed E-state index contributed by atoms with van der Waals surface area (Å²) < 4.78 is 21.8. The van der Waals surface area contributed by atoms with Gasteiger partial charge in [0.15, 0.2) is 0 Å². The second kappa shape index (κ2) is 7.15. The predicted octanol–water partition coefficient (Wildman–Crippen LogP) is 3.61. The van der Waals surface area contributed by atoms with Gasteiger partial charge < -0.3 is 9.26 Å². The average Bonchev–Trinajstić information content (AvgIpc) is 2.31. The molecule has 0 aliphatic heterocycles. The van der Waals surface area contributed by atoms with Crippen molar-refractivity contribution < 1.29 is 18.6 Å². The topological polar surface area (TPSA) is 64.6 Å². The number of hydrogen-bond donors (Lipinski definition) is 1. The molecule has 19 heavy (non-hydrogen) atoms. The lowest BCUT2D eigenvalue weighted by Gasteiger charge is -2.17. The van der Waals surface area contributed by atoms with Gasteiger partial charge in [0, 0.05) is 16.3 Å². The third-order valence-electron chi connectivity index (χ3n) is 2.02. The highest BCUT2D eigenvalue weighted by molar-refractivity contribution is 7.84. The van der Waals surface area contributed by atoms with Crippen LogP contribution in [0, 0.1) is 0 Å². The summed E-state index contributed by atoms with van der Waals surface area (Å²) in [7, 11) is 0. The lowest BCUT2D eigenvalue weighted by Crippen LogP contribution is -2.33. The molecule has 5 nitrogen and oxygen atoms in total.